The first-order chi connectivity index (χ1) is 8.82. The Bertz CT molecular complexity index is 378. The highest BCUT2D eigenvalue weighted by Crippen LogP contribution is 2.46. The second kappa shape index (κ2) is 5.02. The third kappa shape index (κ3) is 2.19. The Hall–Kier alpha value is -0.870. The molecule has 1 aliphatic heterocycles. The summed E-state index contributed by atoms with van der Waals surface area (Å²) in [5.41, 5.74) is 1.64. The number of piperidine rings is 1. The van der Waals surface area contributed by atoms with Gasteiger partial charge in [0, 0.05) is 37.5 Å². The van der Waals surface area contributed by atoms with E-state index in [0.29, 0.717) is 11.5 Å². The van der Waals surface area contributed by atoms with Crippen molar-refractivity contribution in [2.24, 2.45) is 5.41 Å². The van der Waals surface area contributed by atoms with Gasteiger partial charge in [-0.25, -0.2) is 0 Å². The molecule has 2 atom stereocenters. The minimum atomic E-state index is 0.424. The first-order valence-corrected chi connectivity index (χ1v) is 7.06. The van der Waals surface area contributed by atoms with Crippen molar-refractivity contribution in [1.29, 1.82) is 0 Å². The van der Waals surface area contributed by atoms with Crippen LogP contribution in [0.5, 0.6) is 0 Å². The molecule has 1 aromatic heterocycles. The molecule has 1 N–H and O–H groups in total. The molecule has 1 saturated carbocycles. The third-order valence-corrected chi connectivity index (χ3v) is 4.75. The standard InChI is InChI=1S/C14H23N3O/c1-18-13-4-2-6-14(13)7-3-9-17(11-14)10-12-5-8-15-16-12/h5,8,13H,2-4,6-7,9-11H2,1H3,(H,15,16)/t13-,14-/m1/s1. The summed E-state index contributed by atoms with van der Waals surface area (Å²) in [7, 11) is 1.88. The fourth-order valence-corrected chi connectivity index (χ4v) is 3.95. The molecule has 100 valence electrons. The average molecular weight is 249 g/mol. The second-order valence-corrected chi connectivity index (χ2v) is 5.88. The molecule has 1 aliphatic carbocycles. The van der Waals surface area contributed by atoms with Gasteiger partial charge in [-0.2, -0.15) is 5.10 Å². The van der Waals surface area contributed by atoms with Crippen LogP contribution in [0.2, 0.25) is 0 Å². The minimum absolute atomic E-state index is 0.424. The van der Waals surface area contributed by atoms with Crippen LogP contribution in [0.15, 0.2) is 12.3 Å². The number of aromatic nitrogens is 2. The number of nitrogens with zero attached hydrogens (tertiary/aromatic N) is 2. The number of rotatable bonds is 3. The molecule has 2 fully saturated rings. The van der Waals surface area contributed by atoms with Crippen molar-refractivity contribution in [2.45, 2.75) is 44.8 Å². The van der Waals surface area contributed by atoms with Gasteiger partial charge in [0.25, 0.3) is 0 Å². The van der Waals surface area contributed by atoms with Crippen LogP contribution < -0.4 is 0 Å². The van der Waals surface area contributed by atoms with Gasteiger partial charge in [-0.15, -0.1) is 0 Å². The Morgan fingerprint density at radius 1 is 1.50 bits per heavy atom. The lowest BCUT2D eigenvalue weighted by molar-refractivity contribution is -0.0368. The lowest BCUT2D eigenvalue weighted by Crippen LogP contribution is -2.47. The molecule has 18 heavy (non-hydrogen) atoms. The van der Waals surface area contributed by atoms with Gasteiger partial charge in [0.2, 0.25) is 0 Å². The number of hydrogen-bond acceptors (Lipinski definition) is 3. The summed E-state index contributed by atoms with van der Waals surface area (Å²) in [6, 6.07) is 2.07. The molecule has 0 aromatic carbocycles. The zero-order chi connectivity index (χ0) is 12.4. The van der Waals surface area contributed by atoms with Crippen molar-refractivity contribution in [2.75, 3.05) is 20.2 Å². The van der Waals surface area contributed by atoms with Crippen LogP contribution in [0.3, 0.4) is 0 Å². The van der Waals surface area contributed by atoms with Crippen LogP contribution in [0, 0.1) is 5.41 Å². The molecule has 4 heteroatoms. The molecule has 3 rings (SSSR count). The summed E-state index contributed by atoms with van der Waals surface area (Å²) in [6.45, 7) is 3.39. The number of aromatic amines is 1. The minimum Gasteiger partial charge on any atom is -0.381 e. The highest BCUT2D eigenvalue weighted by Gasteiger charge is 2.45. The van der Waals surface area contributed by atoms with E-state index in [4.69, 9.17) is 4.74 Å². The van der Waals surface area contributed by atoms with E-state index in [9.17, 15) is 0 Å². The maximum Gasteiger partial charge on any atom is 0.0639 e. The highest BCUT2D eigenvalue weighted by atomic mass is 16.5. The Kier molecular flexibility index (Phi) is 3.39. The average Bonchev–Trinajstić information content (AvgIpc) is 3.00. The Balaban J connectivity index is 1.68. The summed E-state index contributed by atoms with van der Waals surface area (Å²) >= 11 is 0. The Morgan fingerprint density at radius 2 is 2.39 bits per heavy atom. The van der Waals surface area contributed by atoms with E-state index >= 15 is 0 Å². The molecule has 1 aromatic rings. The van der Waals surface area contributed by atoms with Gasteiger partial charge in [-0.1, -0.05) is 6.42 Å². The van der Waals surface area contributed by atoms with Gasteiger partial charge in [0.1, 0.15) is 0 Å². The van der Waals surface area contributed by atoms with Gasteiger partial charge >= 0.3 is 0 Å². The van der Waals surface area contributed by atoms with Crippen molar-refractivity contribution in [3.63, 3.8) is 0 Å². The van der Waals surface area contributed by atoms with E-state index in [1.54, 1.807) is 0 Å². The van der Waals surface area contributed by atoms with Crippen molar-refractivity contribution in [3.05, 3.63) is 18.0 Å². The molecule has 4 nitrogen and oxygen atoms in total. The first kappa shape index (κ1) is 12.2. The predicted octanol–water partition coefficient (Wildman–Crippen LogP) is 2.19. The lowest BCUT2D eigenvalue weighted by Gasteiger charge is -2.43. The van der Waals surface area contributed by atoms with Gasteiger partial charge < -0.3 is 4.74 Å². The van der Waals surface area contributed by atoms with Gasteiger partial charge in [-0.3, -0.25) is 10.00 Å². The zero-order valence-corrected chi connectivity index (χ0v) is 11.2. The number of H-pyrrole nitrogens is 1. The Labute approximate surface area is 109 Å². The maximum absolute atomic E-state index is 5.74. The molecular weight excluding hydrogens is 226 g/mol. The molecule has 1 saturated heterocycles. The van der Waals surface area contributed by atoms with E-state index < -0.39 is 0 Å². The summed E-state index contributed by atoms with van der Waals surface area (Å²) in [6.07, 6.45) is 8.86. The zero-order valence-electron chi connectivity index (χ0n) is 11.2. The predicted molar refractivity (Wildman–Crippen MR) is 70.2 cm³/mol. The van der Waals surface area contributed by atoms with Crippen molar-refractivity contribution in [3.8, 4) is 0 Å². The topological polar surface area (TPSA) is 41.1 Å². The fourth-order valence-electron chi connectivity index (χ4n) is 3.95. The summed E-state index contributed by atoms with van der Waals surface area (Å²) in [5.74, 6) is 0. The molecular formula is C14H23N3O. The van der Waals surface area contributed by atoms with Crippen LogP contribution in [-0.4, -0.2) is 41.4 Å². The van der Waals surface area contributed by atoms with Crippen LogP contribution >= 0.6 is 0 Å². The largest absolute Gasteiger partial charge is 0.381 e. The van der Waals surface area contributed by atoms with Crippen LogP contribution in [0.4, 0.5) is 0 Å². The number of nitrogens with one attached hydrogen (secondary N) is 1. The van der Waals surface area contributed by atoms with Gasteiger partial charge in [0.05, 0.1) is 6.10 Å². The lowest BCUT2D eigenvalue weighted by atomic mass is 9.76. The van der Waals surface area contributed by atoms with Crippen molar-refractivity contribution < 1.29 is 4.74 Å². The van der Waals surface area contributed by atoms with Crippen molar-refractivity contribution >= 4 is 0 Å². The van der Waals surface area contributed by atoms with Gasteiger partial charge in [0.15, 0.2) is 0 Å². The number of ether oxygens (including phenoxy) is 1. The van der Waals surface area contributed by atoms with E-state index in [1.165, 1.54) is 50.9 Å². The molecule has 0 unspecified atom stereocenters. The van der Waals surface area contributed by atoms with Crippen LogP contribution in [0.25, 0.3) is 0 Å². The Morgan fingerprint density at radius 3 is 3.17 bits per heavy atom. The second-order valence-electron chi connectivity index (χ2n) is 5.88. The fraction of sp³-hybridized carbons (Fsp3) is 0.786. The molecule has 2 heterocycles. The third-order valence-electron chi connectivity index (χ3n) is 4.75. The first-order valence-electron chi connectivity index (χ1n) is 7.06. The maximum atomic E-state index is 5.74. The molecule has 2 aliphatic rings. The molecule has 0 radical (unpaired) electrons. The number of hydrogen-bond donors (Lipinski definition) is 1. The molecule has 1 spiro atoms. The summed E-state index contributed by atoms with van der Waals surface area (Å²) in [5, 5.41) is 7.10. The normalized spacial score (nSPS) is 33.3. The summed E-state index contributed by atoms with van der Waals surface area (Å²) in [4.78, 5) is 2.56. The van der Waals surface area contributed by atoms with Crippen LogP contribution in [0.1, 0.15) is 37.8 Å². The van der Waals surface area contributed by atoms with Crippen LogP contribution in [-0.2, 0) is 11.3 Å². The highest BCUT2D eigenvalue weighted by molar-refractivity contribution is 5.01. The van der Waals surface area contributed by atoms with E-state index in [1.807, 2.05) is 13.3 Å². The SMILES string of the molecule is CO[C@@H]1CCC[C@]12CCCN(Cc1ccn[nH]1)C2. The molecule has 0 bridgehead atoms. The smallest absolute Gasteiger partial charge is 0.0639 e. The van der Waals surface area contributed by atoms with E-state index in [-0.39, 0.29) is 0 Å². The van der Waals surface area contributed by atoms with E-state index in [0.717, 1.165) is 6.54 Å². The number of methoxy groups -OCH3 is 1. The molecule has 0 amide bonds. The number of likely N-dealkylation sites (tertiary alicyclic amines) is 1. The quantitative estimate of drug-likeness (QED) is 0.892. The monoisotopic (exact) mass is 249 g/mol. The van der Waals surface area contributed by atoms with Crippen molar-refractivity contribution in [1.82, 2.24) is 15.1 Å². The van der Waals surface area contributed by atoms with Gasteiger partial charge in [-0.05, 0) is 38.3 Å². The van der Waals surface area contributed by atoms with E-state index in [2.05, 4.69) is 21.2 Å². The summed E-state index contributed by atoms with van der Waals surface area (Å²) < 4.78 is 5.74.